The largest absolute Gasteiger partial charge is 0.489 e. The lowest BCUT2D eigenvalue weighted by molar-refractivity contribution is 0.0794. The van der Waals surface area contributed by atoms with Crippen molar-refractivity contribution in [1.82, 2.24) is 4.90 Å². The summed E-state index contributed by atoms with van der Waals surface area (Å²) < 4.78 is 5.64. The van der Waals surface area contributed by atoms with Gasteiger partial charge in [-0.05, 0) is 42.0 Å². The van der Waals surface area contributed by atoms with Crippen molar-refractivity contribution in [3.63, 3.8) is 0 Å². The van der Waals surface area contributed by atoms with Gasteiger partial charge in [-0.3, -0.25) is 4.79 Å². The van der Waals surface area contributed by atoms with Gasteiger partial charge in [-0.2, -0.15) is 15.8 Å². The fourth-order valence-electron chi connectivity index (χ4n) is 2.14. The van der Waals surface area contributed by atoms with E-state index in [0.717, 1.165) is 5.56 Å². The molecular formula is C19H14N4O2. The lowest BCUT2D eigenvalue weighted by Crippen LogP contribution is -2.31. The Labute approximate surface area is 145 Å². The molecule has 6 heteroatoms. The zero-order chi connectivity index (χ0) is 18.1. The second kappa shape index (κ2) is 8.72. The highest BCUT2D eigenvalue weighted by Gasteiger charge is 2.15. The average Bonchev–Trinajstić information content (AvgIpc) is 2.66. The van der Waals surface area contributed by atoms with Gasteiger partial charge in [0.05, 0.1) is 23.8 Å². The molecule has 0 bridgehead atoms. The first-order valence-electron chi connectivity index (χ1n) is 7.43. The van der Waals surface area contributed by atoms with Crippen LogP contribution < -0.4 is 4.74 Å². The van der Waals surface area contributed by atoms with Gasteiger partial charge in [-0.1, -0.05) is 12.1 Å². The number of ether oxygens (including phenoxy) is 1. The van der Waals surface area contributed by atoms with Gasteiger partial charge in [0.25, 0.3) is 5.91 Å². The predicted octanol–water partition coefficient (Wildman–Crippen LogP) is 2.63. The van der Waals surface area contributed by atoms with Gasteiger partial charge in [-0.25, -0.2) is 0 Å². The van der Waals surface area contributed by atoms with Crippen LogP contribution in [-0.2, 0) is 6.61 Å². The highest BCUT2D eigenvalue weighted by atomic mass is 16.5. The van der Waals surface area contributed by atoms with E-state index in [9.17, 15) is 4.79 Å². The number of rotatable bonds is 6. The Morgan fingerprint density at radius 2 is 1.68 bits per heavy atom. The highest BCUT2D eigenvalue weighted by molar-refractivity contribution is 5.94. The van der Waals surface area contributed by atoms with Crippen molar-refractivity contribution in [2.75, 3.05) is 13.1 Å². The molecule has 0 unspecified atom stereocenters. The van der Waals surface area contributed by atoms with Crippen LogP contribution in [0, 0.1) is 34.0 Å². The van der Waals surface area contributed by atoms with E-state index in [-0.39, 0.29) is 25.6 Å². The summed E-state index contributed by atoms with van der Waals surface area (Å²) in [6, 6.07) is 19.4. The van der Waals surface area contributed by atoms with Gasteiger partial charge in [-0.15, -0.1) is 0 Å². The fraction of sp³-hybridized carbons (Fsp3) is 0.158. The van der Waals surface area contributed by atoms with E-state index in [0.29, 0.717) is 16.9 Å². The van der Waals surface area contributed by atoms with E-state index >= 15 is 0 Å². The Kier molecular flexibility index (Phi) is 6.11. The molecule has 0 saturated carbocycles. The van der Waals surface area contributed by atoms with Gasteiger partial charge in [0, 0.05) is 5.56 Å². The minimum absolute atomic E-state index is 0.141. The van der Waals surface area contributed by atoms with Gasteiger partial charge in [0.2, 0.25) is 0 Å². The SMILES string of the molecule is N#CCN(CC#N)C(=O)c1cccc(COc2ccc(C#N)cc2)c1. The maximum absolute atomic E-state index is 12.4. The molecule has 0 aliphatic rings. The van der Waals surface area contributed by atoms with Crippen LogP contribution in [0.4, 0.5) is 0 Å². The van der Waals surface area contributed by atoms with Crippen LogP contribution >= 0.6 is 0 Å². The normalized spacial score (nSPS) is 9.32. The summed E-state index contributed by atoms with van der Waals surface area (Å²) in [5, 5.41) is 26.3. The standard InChI is InChI=1S/C19H14N4O2/c20-8-10-23(11-9-21)19(24)17-3-1-2-16(12-17)14-25-18-6-4-15(13-22)5-7-18/h1-7,12H,10-11,14H2. The lowest BCUT2D eigenvalue weighted by Gasteiger charge is -2.16. The number of nitrogens with zero attached hydrogens (tertiary/aromatic N) is 4. The van der Waals surface area contributed by atoms with E-state index in [1.54, 1.807) is 42.5 Å². The Morgan fingerprint density at radius 1 is 1.00 bits per heavy atom. The molecule has 0 N–H and O–H groups in total. The summed E-state index contributed by atoms with van der Waals surface area (Å²) >= 11 is 0. The lowest BCUT2D eigenvalue weighted by atomic mass is 10.1. The van der Waals surface area contributed by atoms with E-state index in [2.05, 4.69) is 0 Å². The van der Waals surface area contributed by atoms with Crippen molar-refractivity contribution in [3.05, 3.63) is 65.2 Å². The highest BCUT2D eigenvalue weighted by Crippen LogP contribution is 2.15. The van der Waals surface area contributed by atoms with Crippen LogP contribution in [0.25, 0.3) is 0 Å². The molecule has 6 nitrogen and oxygen atoms in total. The molecular weight excluding hydrogens is 316 g/mol. The number of carbonyl (C=O) groups is 1. The molecule has 2 rings (SSSR count). The molecule has 2 aromatic carbocycles. The third-order valence-corrected chi connectivity index (χ3v) is 3.37. The molecule has 0 atom stereocenters. The van der Waals surface area contributed by atoms with Crippen molar-refractivity contribution >= 4 is 5.91 Å². The number of benzene rings is 2. The van der Waals surface area contributed by atoms with Crippen LogP contribution in [0.3, 0.4) is 0 Å². The van der Waals surface area contributed by atoms with E-state index < -0.39 is 0 Å². The van der Waals surface area contributed by atoms with Crippen LogP contribution in [0.5, 0.6) is 5.75 Å². The Morgan fingerprint density at radius 3 is 2.28 bits per heavy atom. The molecule has 0 aliphatic heterocycles. The first kappa shape index (κ1) is 17.5. The van der Waals surface area contributed by atoms with Crippen molar-refractivity contribution in [1.29, 1.82) is 15.8 Å². The van der Waals surface area contributed by atoms with Crippen LogP contribution in [0.2, 0.25) is 0 Å². The molecule has 0 spiro atoms. The minimum atomic E-state index is -0.372. The molecule has 122 valence electrons. The summed E-state index contributed by atoms with van der Waals surface area (Å²) in [4.78, 5) is 13.6. The first-order chi connectivity index (χ1) is 12.2. The molecule has 0 aliphatic carbocycles. The zero-order valence-electron chi connectivity index (χ0n) is 13.3. The van der Waals surface area contributed by atoms with Crippen molar-refractivity contribution in [2.45, 2.75) is 6.61 Å². The van der Waals surface area contributed by atoms with Crippen molar-refractivity contribution < 1.29 is 9.53 Å². The number of carbonyl (C=O) groups excluding carboxylic acids is 1. The maximum Gasteiger partial charge on any atom is 0.255 e. The fourth-order valence-corrected chi connectivity index (χ4v) is 2.14. The van der Waals surface area contributed by atoms with Gasteiger partial charge >= 0.3 is 0 Å². The Balaban J connectivity index is 2.07. The molecule has 2 aromatic rings. The average molecular weight is 330 g/mol. The quantitative estimate of drug-likeness (QED) is 0.758. The molecule has 0 fully saturated rings. The third kappa shape index (κ3) is 4.82. The predicted molar refractivity (Wildman–Crippen MR) is 89.1 cm³/mol. The van der Waals surface area contributed by atoms with Crippen LogP contribution in [0.1, 0.15) is 21.5 Å². The number of hydrogen-bond donors (Lipinski definition) is 0. The second-order valence-corrected chi connectivity index (χ2v) is 5.10. The third-order valence-electron chi connectivity index (χ3n) is 3.37. The van der Waals surface area contributed by atoms with Gasteiger partial charge in [0.1, 0.15) is 25.4 Å². The topological polar surface area (TPSA) is 101 Å². The number of amides is 1. The molecule has 1 amide bonds. The first-order valence-corrected chi connectivity index (χ1v) is 7.43. The van der Waals surface area contributed by atoms with Crippen LogP contribution in [0.15, 0.2) is 48.5 Å². The minimum Gasteiger partial charge on any atom is -0.489 e. The summed E-state index contributed by atoms with van der Waals surface area (Å²) in [7, 11) is 0. The number of nitriles is 3. The molecule has 0 saturated heterocycles. The van der Waals surface area contributed by atoms with Crippen LogP contribution in [-0.4, -0.2) is 23.9 Å². The summed E-state index contributed by atoms with van der Waals surface area (Å²) in [6.45, 7) is -0.0275. The smallest absolute Gasteiger partial charge is 0.255 e. The molecule has 0 radical (unpaired) electrons. The second-order valence-electron chi connectivity index (χ2n) is 5.10. The Bertz CT molecular complexity index is 854. The van der Waals surface area contributed by atoms with Gasteiger partial charge < -0.3 is 9.64 Å². The Hall–Kier alpha value is -3.82. The van der Waals surface area contributed by atoms with Crippen molar-refractivity contribution in [3.8, 4) is 24.0 Å². The number of hydrogen-bond acceptors (Lipinski definition) is 5. The van der Waals surface area contributed by atoms with Gasteiger partial charge in [0.15, 0.2) is 0 Å². The van der Waals surface area contributed by atoms with Crippen molar-refractivity contribution in [2.24, 2.45) is 0 Å². The van der Waals surface area contributed by atoms with E-state index in [4.69, 9.17) is 20.5 Å². The van der Waals surface area contributed by atoms with E-state index in [1.807, 2.05) is 24.3 Å². The van der Waals surface area contributed by atoms with E-state index in [1.165, 1.54) is 4.90 Å². The summed E-state index contributed by atoms with van der Waals surface area (Å²) in [5.41, 5.74) is 1.73. The molecule has 0 aromatic heterocycles. The zero-order valence-corrected chi connectivity index (χ0v) is 13.3. The summed E-state index contributed by atoms with van der Waals surface area (Å²) in [5.74, 6) is 0.245. The monoisotopic (exact) mass is 330 g/mol. The molecule has 25 heavy (non-hydrogen) atoms. The summed E-state index contributed by atoms with van der Waals surface area (Å²) in [6.07, 6.45) is 0. The maximum atomic E-state index is 12.4. The molecule has 0 heterocycles.